The van der Waals surface area contributed by atoms with Gasteiger partial charge in [0.05, 0.1) is 18.1 Å². The number of anilines is 2. The normalized spacial score (nSPS) is 10.2. The maximum atomic E-state index is 12.5. The fraction of sp³-hybridized carbons (Fsp3) is 0.182. The van der Waals surface area contributed by atoms with E-state index in [9.17, 15) is 4.79 Å². The van der Waals surface area contributed by atoms with E-state index in [4.69, 9.17) is 16.9 Å². The first-order valence-corrected chi connectivity index (χ1v) is 9.09. The highest BCUT2D eigenvalue weighted by Crippen LogP contribution is 2.16. The van der Waals surface area contributed by atoms with Crippen molar-refractivity contribution in [3.8, 4) is 18.2 Å². The zero-order chi connectivity index (χ0) is 20.5. The molecule has 0 aliphatic carbocycles. The maximum Gasteiger partial charge on any atom is 0.232 e. The van der Waals surface area contributed by atoms with Gasteiger partial charge in [0, 0.05) is 25.6 Å². The lowest BCUT2D eigenvalue weighted by Gasteiger charge is -2.09. The molecule has 3 N–H and O–H groups in total. The number of nitrogens with one attached hydrogen (secondary N) is 1. The van der Waals surface area contributed by atoms with Gasteiger partial charge < -0.3 is 15.8 Å². The Hall–Kier alpha value is -3.92. The number of nitrogens with zero attached hydrogens (tertiary/aromatic N) is 3. The van der Waals surface area contributed by atoms with E-state index in [-0.39, 0.29) is 12.2 Å². The zero-order valence-electron chi connectivity index (χ0n) is 15.8. The van der Waals surface area contributed by atoms with Crippen molar-refractivity contribution in [3.05, 3.63) is 71.8 Å². The Kier molecular flexibility index (Phi) is 6.74. The number of hydrogen-bond donors (Lipinski definition) is 2. The average Bonchev–Trinajstić information content (AvgIpc) is 2.74. The standard InChI is InChI=1S/C22H21N5O2/c1-2-3-10-29-21-15-26-19(14-27-21)20(28)12-16-6-4-7-17(11-16)13-25-18-8-5-9-24-22(18)23/h1,4-9,11,14-15,25H,3,10,12-13H2,(H2,23,24). The van der Waals surface area contributed by atoms with E-state index in [1.54, 1.807) is 6.20 Å². The first kappa shape index (κ1) is 19.8. The highest BCUT2D eigenvalue weighted by molar-refractivity contribution is 5.95. The molecule has 3 aromatic rings. The van der Waals surface area contributed by atoms with Gasteiger partial charge in [-0.05, 0) is 23.3 Å². The number of pyridine rings is 1. The maximum absolute atomic E-state index is 12.5. The van der Waals surface area contributed by atoms with Gasteiger partial charge in [-0.3, -0.25) is 4.79 Å². The van der Waals surface area contributed by atoms with Crippen LogP contribution in [0.1, 0.15) is 28.0 Å². The molecule has 3 rings (SSSR count). The molecule has 7 nitrogen and oxygen atoms in total. The third kappa shape index (κ3) is 5.78. The molecule has 0 radical (unpaired) electrons. The first-order valence-electron chi connectivity index (χ1n) is 9.09. The number of aromatic nitrogens is 3. The van der Waals surface area contributed by atoms with E-state index >= 15 is 0 Å². The van der Waals surface area contributed by atoms with Gasteiger partial charge in [-0.15, -0.1) is 12.3 Å². The summed E-state index contributed by atoms with van der Waals surface area (Å²) < 4.78 is 5.34. The Bertz CT molecular complexity index is 1010. The molecule has 0 saturated carbocycles. The second kappa shape index (κ2) is 9.85. The number of hydrogen-bond acceptors (Lipinski definition) is 7. The Morgan fingerprint density at radius 3 is 2.76 bits per heavy atom. The number of benzene rings is 1. The molecule has 7 heteroatoms. The molecule has 0 aliphatic rings. The van der Waals surface area contributed by atoms with Crippen LogP contribution < -0.4 is 15.8 Å². The van der Waals surface area contributed by atoms with Crippen molar-refractivity contribution in [1.82, 2.24) is 15.0 Å². The van der Waals surface area contributed by atoms with Crippen LogP contribution in [0.25, 0.3) is 0 Å². The van der Waals surface area contributed by atoms with Crippen LogP contribution in [0.4, 0.5) is 11.5 Å². The quantitative estimate of drug-likeness (QED) is 0.330. The molecule has 2 heterocycles. The number of Topliss-reactive ketones (excluding diaryl/α,β-unsaturated/α-hetero) is 1. The van der Waals surface area contributed by atoms with Crippen molar-refractivity contribution in [2.45, 2.75) is 19.4 Å². The third-order valence-corrected chi connectivity index (χ3v) is 4.09. The SMILES string of the molecule is C#CCCOc1cnc(C(=O)Cc2cccc(CNc3cccnc3N)c2)cn1. The lowest BCUT2D eigenvalue weighted by Crippen LogP contribution is -2.08. The second-order valence-corrected chi connectivity index (χ2v) is 6.25. The highest BCUT2D eigenvalue weighted by atomic mass is 16.5. The summed E-state index contributed by atoms with van der Waals surface area (Å²) in [5, 5.41) is 3.25. The van der Waals surface area contributed by atoms with Gasteiger partial charge in [-0.2, -0.15) is 0 Å². The van der Waals surface area contributed by atoms with E-state index in [0.29, 0.717) is 37.0 Å². The van der Waals surface area contributed by atoms with Gasteiger partial charge in [-0.1, -0.05) is 24.3 Å². The van der Waals surface area contributed by atoms with Crippen LogP contribution in [0, 0.1) is 12.3 Å². The van der Waals surface area contributed by atoms with E-state index in [1.165, 1.54) is 12.4 Å². The fourth-order valence-corrected chi connectivity index (χ4v) is 2.64. The van der Waals surface area contributed by atoms with Crippen LogP contribution in [0.15, 0.2) is 55.0 Å². The molecular weight excluding hydrogens is 366 g/mol. The molecule has 0 bridgehead atoms. The number of nitrogens with two attached hydrogens (primary N) is 1. The van der Waals surface area contributed by atoms with Crippen LogP contribution in [-0.4, -0.2) is 27.3 Å². The zero-order valence-corrected chi connectivity index (χ0v) is 15.8. The van der Waals surface area contributed by atoms with Crippen LogP contribution in [0.2, 0.25) is 0 Å². The Balaban J connectivity index is 1.58. The van der Waals surface area contributed by atoms with Gasteiger partial charge in [0.2, 0.25) is 5.88 Å². The predicted octanol–water partition coefficient (Wildman–Crippen LogP) is 2.89. The summed E-state index contributed by atoms with van der Waals surface area (Å²) in [7, 11) is 0. The number of ketones is 1. The Labute approximate surface area is 169 Å². The van der Waals surface area contributed by atoms with Crippen molar-refractivity contribution < 1.29 is 9.53 Å². The highest BCUT2D eigenvalue weighted by Gasteiger charge is 2.10. The largest absolute Gasteiger partial charge is 0.476 e. The number of carbonyl (C=O) groups excluding carboxylic acids is 1. The van der Waals surface area contributed by atoms with Gasteiger partial charge in [0.25, 0.3) is 0 Å². The van der Waals surface area contributed by atoms with Gasteiger partial charge in [0.15, 0.2) is 5.78 Å². The molecule has 146 valence electrons. The van der Waals surface area contributed by atoms with Crippen LogP contribution in [0.5, 0.6) is 5.88 Å². The summed E-state index contributed by atoms with van der Waals surface area (Å²) in [6, 6.07) is 11.5. The van der Waals surface area contributed by atoms with E-state index in [2.05, 4.69) is 26.2 Å². The van der Waals surface area contributed by atoms with Crippen molar-refractivity contribution >= 4 is 17.3 Å². The summed E-state index contributed by atoms with van der Waals surface area (Å²) in [6.07, 6.45) is 10.4. The minimum absolute atomic E-state index is 0.116. The molecule has 0 saturated heterocycles. The van der Waals surface area contributed by atoms with Crippen LogP contribution >= 0.6 is 0 Å². The van der Waals surface area contributed by atoms with E-state index in [0.717, 1.165) is 16.8 Å². The predicted molar refractivity (Wildman–Crippen MR) is 111 cm³/mol. The molecule has 0 unspecified atom stereocenters. The molecule has 2 aromatic heterocycles. The molecule has 0 atom stereocenters. The summed E-state index contributed by atoms with van der Waals surface area (Å²) in [6.45, 7) is 0.936. The molecule has 0 amide bonds. The number of terminal acetylenes is 1. The Morgan fingerprint density at radius 2 is 2.00 bits per heavy atom. The topological polar surface area (TPSA) is 103 Å². The summed E-state index contributed by atoms with van der Waals surface area (Å²) in [4.78, 5) is 24.8. The minimum atomic E-state index is -0.116. The number of nitrogen functional groups attached to an aromatic ring is 1. The monoisotopic (exact) mass is 387 g/mol. The molecule has 1 aromatic carbocycles. The number of carbonyl (C=O) groups is 1. The van der Waals surface area contributed by atoms with Crippen molar-refractivity contribution in [2.24, 2.45) is 0 Å². The molecule has 0 aliphatic heterocycles. The molecule has 0 spiro atoms. The average molecular weight is 387 g/mol. The summed E-state index contributed by atoms with van der Waals surface area (Å²) in [5.41, 5.74) is 8.83. The summed E-state index contributed by atoms with van der Waals surface area (Å²) >= 11 is 0. The van der Waals surface area contributed by atoms with Gasteiger partial charge in [0.1, 0.15) is 18.1 Å². The first-order chi connectivity index (χ1) is 14.2. The number of rotatable bonds is 9. The smallest absolute Gasteiger partial charge is 0.232 e. The van der Waals surface area contributed by atoms with Crippen molar-refractivity contribution in [2.75, 3.05) is 17.7 Å². The molecule has 29 heavy (non-hydrogen) atoms. The summed E-state index contributed by atoms with van der Waals surface area (Å²) in [5.74, 6) is 3.16. The van der Waals surface area contributed by atoms with Crippen molar-refractivity contribution in [3.63, 3.8) is 0 Å². The Morgan fingerprint density at radius 1 is 1.14 bits per heavy atom. The van der Waals surface area contributed by atoms with Crippen LogP contribution in [-0.2, 0) is 13.0 Å². The second-order valence-electron chi connectivity index (χ2n) is 6.25. The van der Waals surface area contributed by atoms with Gasteiger partial charge >= 0.3 is 0 Å². The third-order valence-electron chi connectivity index (χ3n) is 4.09. The van der Waals surface area contributed by atoms with E-state index < -0.39 is 0 Å². The number of ether oxygens (including phenoxy) is 1. The van der Waals surface area contributed by atoms with Gasteiger partial charge in [-0.25, -0.2) is 15.0 Å². The van der Waals surface area contributed by atoms with E-state index in [1.807, 2.05) is 36.4 Å². The van der Waals surface area contributed by atoms with Crippen LogP contribution in [0.3, 0.4) is 0 Å². The molecule has 0 fully saturated rings. The molecular formula is C22H21N5O2. The fourth-order valence-electron chi connectivity index (χ4n) is 2.64. The minimum Gasteiger partial charge on any atom is -0.476 e. The lowest BCUT2D eigenvalue weighted by atomic mass is 10.0. The lowest BCUT2D eigenvalue weighted by molar-refractivity contribution is 0.0987. The van der Waals surface area contributed by atoms with Crippen molar-refractivity contribution in [1.29, 1.82) is 0 Å².